The summed E-state index contributed by atoms with van der Waals surface area (Å²) in [5.41, 5.74) is 0. The van der Waals surface area contributed by atoms with Gasteiger partial charge in [0.25, 0.3) is 0 Å². The number of rotatable bonds is 1. The highest BCUT2D eigenvalue weighted by Gasteiger charge is 2.04. The van der Waals surface area contributed by atoms with Crippen molar-refractivity contribution >= 4 is 7.40 Å². The van der Waals surface area contributed by atoms with Crippen LogP contribution in [0.15, 0.2) is 0 Å². The molecule has 0 heterocycles. The molecule has 0 aromatic rings. The van der Waals surface area contributed by atoms with Crippen LogP contribution in [0.4, 0.5) is 4.32 Å². The molecule has 38 valence electrons. The summed E-state index contributed by atoms with van der Waals surface area (Å²) in [5.74, 6) is 0. The molecular formula is CH7BFNO2. The molecule has 5 heteroatoms. The molecule has 0 aromatic carbocycles. The van der Waals surface area contributed by atoms with Crippen molar-refractivity contribution in [3.8, 4) is 0 Å². The van der Waals surface area contributed by atoms with Gasteiger partial charge in [0.15, 0.2) is 0 Å². The minimum Gasteiger partial charge on any atom is -0.398 e. The van der Waals surface area contributed by atoms with E-state index in [0.29, 0.717) is 0 Å². The largest absolute Gasteiger partial charge is 0.677 e. The molecule has 0 spiro atoms. The predicted molar refractivity (Wildman–Crippen MR) is 21.1 cm³/mol. The Morgan fingerprint density at radius 3 is 2.00 bits per heavy atom. The zero-order chi connectivity index (χ0) is 4.28. The Morgan fingerprint density at radius 2 is 2.00 bits per heavy atom. The Labute approximate surface area is 35.9 Å². The first kappa shape index (κ1) is 9.30. The summed E-state index contributed by atoms with van der Waals surface area (Å²) in [7, 11) is -1.04. The first-order chi connectivity index (χ1) is 2.27. The smallest absolute Gasteiger partial charge is 0.398 e. The van der Waals surface area contributed by atoms with E-state index in [1.807, 2.05) is 0 Å². The Hall–Kier alpha value is -0.125. The molecule has 0 fully saturated rings. The van der Waals surface area contributed by atoms with Gasteiger partial charge in [-0.25, -0.2) is 0 Å². The van der Waals surface area contributed by atoms with Gasteiger partial charge in [0.1, 0.15) is 0 Å². The molecule has 0 radical (unpaired) electrons. The molecule has 6 heavy (non-hydrogen) atoms. The zero-order valence-corrected chi connectivity index (χ0v) is 3.52. The zero-order valence-electron chi connectivity index (χ0n) is 3.52. The molecular weight excluding hydrogens is 87.8 g/mol. The van der Waals surface area contributed by atoms with Crippen molar-refractivity contribution in [2.75, 3.05) is 7.11 Å². The van der Waals surface area contributed by atoms with Crippen molar-refractivity contribution in [3.63, 3.8) is 0 Å². The number of hydrogen-bond acceptors (Lipinski definition) is 3. The van der Waals surface area contributed by atoms with Crippen LogP contribution in [0.5, 0.6) is 0 Å². The molecule has 0 bridgehead atoms. The molecule has 3 nitrogen and oxygen atoms in total. The fraction of sp³-hybridized carbons (Fsp3) is 1.00. The van der Waals surface area contributed by atoms with E-state index in [-0.39, 0.29) is 6.15 Å². The molecule has 0 aliphatic rings. The molecule has 0 saturated heterocycles. The monoisotopic (exact) mass is 95.1 g/mol. The van der Waals surface area contributed by atoms with Crippen LogP contribution in [0.1, 0.15) is 0 Å². The highest BCUT2D eigenvalue weighted by molar-refractivity contribution is 6.33. The van der Waals surface area contributed by atoms with Crippen molar-refractivity contribution in [2.24, 2.45) is 0 Å². The van der Waals surface area contributed by atoms with E-state index in [1.165, 1.54) is 0 Å². The van der Waals surface area contributed by atoms with E-state index < -0.39 is 7.40 Å². The second-order valence-corrected chi connectivity index (χ2v) is 0.528. The van der Waals surface area contributed by atoms with Gasteiger partial charge >= 0.3 is 7.40 Å². The second kappa shape index (κ2) is 4.87. The molecule has 0 aliphatic heterocycles. The first-order valence-corrected chi connectivity index (χ1v) is 1.12. The lowest BCUT2D eigenvalue weighted by atomic mass is 10.3. The Balaban J connectivity index is 0. The lowest BCUT2D eigenvalue weighted by Crippen LogP contribution is -2.05. The van der Waals surface area contributed by atoms with E-state index >= 15 is 0 Å². The average molecular weight is 94.9 g/mol. The lowest BCUT2D eigenvalue weighted by molar-refractivity contribution is 0.276. The third kappa shape index (κ3) is 9.11. The average Bonchev–Trinajstić information content (AvgIpc) is 1.38. The van der Waals surface area contributed by atoms with Gasteiger partial charge in [0, 0.05) is 7.11 Å². The SMILES string of the molecule is COB(O)F.N. The van der Waals surface area contributed by atoms with Gasteiger partial charge in [0.2, 0.25) is 0 Å². The summed E-state index contributed by atoms with van der Waals surface area (Å²) in [6.45, 7) is 0. The second-order valence-electron chi connectivity index (χ2n) is 0.528. The van der Waals surface area contributed by atoms with Crippen molar-refractivity contribution in [3.05, 3.63) is 0 Å². The van der Waals surface area contributed by atoms with Gasteiger partial charge in [0.05, 0.1) is 0 Å². The van der Waals surface area contributed by atoms with Crippen molar-refractivity contribution in [1.82, 2.24) is 6.15 Å². The number of hydrogen-bond donors (Lipinski definition) is 2. The molecule has 0 atom stereocenters. The molecule has 0 unspecified atom stereocenters. The van der Waals surface area contributed by atoms with Crippen LogP contribution in [-0.2, 0) is 4.65 Å². The van der Waals surface area contributed by atoms with Crippen LogP contribution in [0.25, 0.3) is 0 Å². The standard InChI is InChI=1S/CH4BFO2.H3N/c1-5-2(3)4;/h4H,1H3;1H3. The summed E-state index contributed by atoms with van der Waals surface area (Å²) in [6.07, 6.45) is 0. The molecule has 0 amide bonds. The van der Waals surface area contributed by atoms with Gasteiger partial charge in [-0.2, -0.15) is 0 Å². The first-order valence-electron chi connectivity index (χ1n) is 1.12. The van der Waals surface area contributed by atoms with E-state index in [2.05, 4.69) is 4.65 Å². The van der Waals surface area contributed by atoms with Crippen LogP contribution < -0.4 is 6.15 Å². The van der Waals surface area contributed by atoms with Crippen LogP contribution in [0, 0.1) is 0 Å². The lowest BCUT2D eigenvalue weighted by Gasteiger charge is -1.81. The number of halogens is 1. The van der Waals surface area contributed by atoms with E-state index in [9.17, 15) is 4.32 Å². The van der Waals surface area contributed by atoms with Crippen molar-refractivity contribution in [2.45, 2.75) is 0 Å². The van der Waals surface area contributed by atoms with E-state index in [1.54, 1.807) is 0 Å². The van der Waals surface area contributed by atoms with Crippen LogP contribution in [0.3, 0.4) is 0 Å². The highest BCUT2D eigenvalue weighted by atomic mass is 19.1. The Bertz CT molecular complexity index is 27.5. The molecule has 4 N–H and O–H groups in total. The quantitative estimate of drug-likeness (QED) is 0.441. The maximum atomic E-state index is 10.8. The fourth-order valence-electron chi connectivity index (χ4n) is 0. The minimum atomic E-state index is -2.12. The molecule has 0 rings (SSSR count). The van der Waals surface area contributed by atoms with Gasteiger partial charge < -0.3 is 15.8 Å². The predicted octanol–water partition coefficient (Wildman–Crippen LogP) is -0.259. The summed E-state index contributed by atoms with van der Waals surface area (Å²) in [4.78, 5) is 0. The Kier molecular flexibility index (Phi) is 7.55. The topological polar surface area (TPSA) is 64.5 Å². The summed E-state index contributed by atoms with van der Waals surface area (Å²) in [6, 6.07) is 0. The highest BCUT2D eigenvalue weighted by Crippen LogP contribution is 1.70. The van der Waals surface area contributed by atoms with Crippen LogP contribution in [-0.4, -0.2) is 19.5 Å². The third-order valence-corrected chi connectivity index (χ3v) is 0.194. The molecule has 0 aromatic heterocycles. The normalized spacial score (nSPS) is 6.50. The maximum Gasteiger partial charge on any atom is 0.677 e. The van der Waals surface area contributed by atoms with Gasteiger partial charge in [-0.15, -0.1) is 0 Å². The van der Waals surface area contributed by atoms with Crippen LogP contribution in [0.2, 0.25) is 0 Å². The minimum absolute atomic E-state index is 0. The summed E-state index contributed by atoms with van der Waals surface area (Å²) in [5, 5.41) is 7.47. The summed E-state index contributed by atoms with van der Waals surface area (Å²) < 4.78 is 14.4. The van der Waals surface area contributed by atoms with Gasteiger partial charge in [-0.1, -0.05) is 0 Å². The van der Waals surface area contributed by atoms with Crippen LogP contribution >= 0.6 is 0 Å². The summed E-state index contributed by atoms with van der Waals surface area (Å²) >= 11 is 0. The van der Waals surface area contributed by atoms with Crippen molar-refractivity contribution in [1.29, 1.82) is 0 Å². The maximum absolute atomic E-state index is 10.8. The van der Waals surface area contributed by atoms with Gasteiger partial charge in [-0.05, 0) is 0 Å². The third-order valence-electron chi connectivity index (χ3n) is 0.194. The fourth-order valence-corrected chi connectivity index (χ4v) is 0. The van der Waals surface area contributed by atoms with Gasteiger partial charge in [-0.3, -0.25) is 4.32 Å². The molecule has 0 saturated carbocycles. The molecule has 0 aliphatic carbocycles. The van der Waals surface area contributed by atoms with Crippen molar-refractivity contribution < 1.29 is 14.0 Å². The van der Waals surface area contributed by atoms with E-state index in [4.69, 9.17) is 5.02 Å². The van der Waals surface area contributed by atoms with E-state index in [0.717, 1.165) is 7.11 Å². The Morgan fingerprint density at radius 1 is 1.83 bits per heavy atom.